The number of rotatable bonds is 4. The molecular formula is C23H25N3OS. The Morgan fingerprint density at radius 1 is 1.11 bits per heavy atom. The molecule has 1 aromatic heterocycles. The van der Waals surface area contributed by atoms with Crippen LogP contribution in [0.1, 0.15) is 53.9 Å². The molecular weight excluding hydrogens is 366 g/mol. The minimum Gasteiger partial charge on any atom is -0.348 e. The third-order valence-electron chi connectivity index (χ3n) is 6.01. The summed E-state index contributed by atoms with van der Waals surface area (Å²) >= 11 is 1.77. The number of para-hydroxylation sites is 1. The monoisotopic (exact) mass is 391 g/mol. The lowest BCUT2D eigenvalue weighted by Gasteiger charge is -2.28. The number of fused-ring (bicyclic) bond motifs is 2. The Balaban J connectivity index is 1.28. The summed E-state index contributed by atoms with van der Waals surface area (Å²) in [5.74, 6) is 0.134. The van der Waals surface area contributed by atoms with E-state index in [1.807, 2.05) is 6.07 Å². The molecule has 2 atom stereocenters. The van der Waals surface area contributed by atoms with Gasteiger partial charge in [-0.15, -0.1) is 11.3 Å². The number of carbonyl (C=O) groups is 1. The lowest BCUT2D eigenvalue weighted by atomic mass is 9.88. The highest BCUT2D eigenvalue weighted by atomic mass is 32.1. The summed E-state index contributed by atoms with van der Waals surface area (Å²) in [7, 11) is 0. The van der Waals surface area contributed by atoms with E-state index < -0.39 is 0 Å². The van der Waals surface area contributed by atoms with Gasteiger partial charge in [-0.25, -0.2) is 4.98 Å². The van der Waals surface area contributed by atoms with Crippen LogP contribution in [0.25, 0.3) is 10.2 Å². The first-order valence-corrected chi connectivity index (χ1v) is 11.1. The van der Waals surface area contributed by atoms with E-state index >= 15 is 0 Å². The van der Waals surface area contributed by atoms with E-state index in [0.717, 1.165) is 49.2 Å². The smallest absolute Gasteiger partial charge is 0.234 e. The molecule has 2 heterocycles. The number of thiazole rings is 1. The number of amides is 1. The fourth-order valence-electron chi connectivity index (χ4n) is 4.66. The third kappa shape index (κ3) is 3.45. The number of nitrogens with zero attached hydrogens (tertiary/aromatic N) is 2. The summed E-state index contributed by atoms with van der Waals surface area (Å²) in [4.78, 5) is 20.0. The predicted molar refractivity (Wildman–Crippen MR) is 113 cm³/mol. The van der Waals surface area contributed by atoms with Crippen LogP contribution in [0, 0.1) is 0 Å². The number of aromatic nitrogens is 1. The van der Waals surface area contributed by atoms with Crippen LogP contribution in [0.2, 0.25) is 0 Å². The van der Waals surface area contributed by atoms with Crippen molar-refractivity contribution in [2.24, 2.45) is 0 Å². The highest BCUT2D eigenvalue weighted by molar-refractivity contribution is 7.18. The molecule has 4 nitrogen and oxygen atoms in total. The van der Waals surface area contributed by atoms with Crippen molar-refractivity contribution < 1.29 is 4.79 Å². The zero-order chi connectivity index (χ0) is 18.9. The number of nitrogens with one attached hydrogen (secondary N) is 1. The summed E-state index contributed by atoms with van der Waals surface area (Å²) in [6.45, 7) is 1.43. The second-order valence-electron chi connectivity index (χ2n) is 7.86. The quantitative estimate of drug-likeness (QED) is 0.705. The van der Waals surface area contributed by atoms with Gasteiger partial charge in [0, 0.05) is 0 Å². The molecule has 1 aliphatic heterocycles. The van der Waals surface area contributed by atoms with Crippen molar-refractivity contribution in [3.63, 3.8) is 0 Å². The fourth-order valence-corrected chi connectivity index (χ4v) is 5.79. The maximum atomic E-state index is 12.9. The van der Waals surface area contributed by atoms with Crippen molar-refractivity contribution in [2.75, 3.05) is 13.1 Å². The van der Waals surface area contributed by atoms with Gasteiger partial charge in [-0.2, -0.15) is 0 Å². The first-order valence-electron chi connectivity index (χ1n) is 10.2. The Hall–Kier alpha value is -2.24. The average Bonchev–Trinajstić information content (AvgIpc) is 3.34. The maximum Gasteiger partial charge on any atom is 0.234 e. The molecule has 2 aromatic carbocycles. The zero-order valence-electron chi connectivity index (χ0n) is 15.9. The summed E-state index contributed by atoms with van der Waals surface area (Å²) in [5.41, 5.74) is 3.75. The van der Waals surface area contributed by atoms with Gasteiger partial charge in [-0.05, 0) is 61.9 Å². The lowest BCUT2D eigenvalue weighted by Crippen LogP contribution is -2.39. The molecule has 0 bridgehead atoms. The van der Waals surface area contributed by atoms with Gasteiger partial charge in [0.25, 0.3) is 0 Å². The number of aryl methyl sites for hydroxylation is 1. The van der Waals surface area contributed by atoms with Crippen LogP contribution < -0.4 is 5.32 Å². The largest absolute Gasteiger partial charge is 0.348 e. The van der Waals surface area contributed by atoms with Gasteiger partial charge in [0.15, 0.2) is 0 Å². The molecule has 0 radical (unpaired) electrons. The van der Waals surface area contributed by atoms with Gasteiger partial charge >= 0.3 is 0 Å². The van der Waals surface area contributed by atoms with Gasteiger partial charge in [0.1, 0.15) is 5.01 Å². The number of likely N-dealkylation sites (tertiary alicyclic amines) is 1. The summed E-state index contributed by atoms with van der Waals surface area (Å²) < 4.78 is 1.23. The summed E-state index contributed by atoms with van der Waals surface area (Å²) in [6, 6.07) is 17.2. The van der Waals surface area contributed by atoms with E-state index in [0.29, 0.717) is 6.54 Å². The standard InChI is InChI=1S/C23H25N3OS/c27-22(24-18-11-5-8-16-7-1-2-9-17(16)18)15-26-14-6-12-20(26)23-25-19-10-3-4-13-21(19)28-23/h1-4,7,9-10,13,18,20H,5-6,8,11-12,14-15H2,(H,24,27)/t18-,20+/m1/s1. The highest BCUT2D eigenvalue weighted by Gasteiger charge is 2.31. The lowest BCUT2D eigenvalue weighted by molar-refractivity contribution is -0.123. The van der Waals surface area contributed by atoms with Crippen LogP contribution in [0.5, 0.6) is 0 Å². The molecule has 3 aromatic rings. The first kappa shape index (κ1) is 17.8. The normalized spacial score (nSPS) is 22.3. The predicted octanol–water partition coefficient (Wildman–Crippen LogP) is 4.63. The number of carbonyl (C=O) groups excluding carboxylic acids is 1. The maximum absolute atomic E-state index is 12.9. The van der Waals surface area contributed by atoms with Gasteiger partial charge in [-0.3, -0.25) is 9.69 Å². The summed E-state index contributed by atoms with van der Waals surface area (Å²) in [5, 5.41) is 4.45. The molecule has 1 N–H and O–H groups in total. The molecule has 0 spiro atoms. The van der Waals surface area contributed by atoms with Gasteiger partial charge in [-0.1, -0.05) is 36.4 Å². The van der Waals surface area contributed by atoms with Crippen LogP contribution in [0.3, 0.4) is 0 Å². The van der Waals surface area contributed by atoms with E-state index in [2.05, 4.69) is 52.7 Å². The number of hydrogen-bond acceptors (Lipinski definition) is 4. The van der Waals surface area contributed by atoms with Crippen LogP contribution in [0.4, 0.5) is 0 Å². The molecule has 0 unspecified atom stereocenters. The first-order chi connectivity index (χ1) is 13.8. The zero-order valence-corrected chi connectivity index (χ0v) is 16.8. The number of hydrogen-bond donors (Lipinski definition) is 1. The third-order valence-corrected chi connectivity index (χ3v) is 7.15. The van der Waals surface area contributed by atoms with Gasteiger partial charge in [0.2, 0.25) is 5.91 Å². The van der Waals surface area contributed by atoms with E-state index in [1.54, 1.807) is 11.3 Å². The molecule has 1 amide bonds. The fraction of sp³-hybridized carbons (Fsp3) is 0.391. The van der Waals surface area contributed by atoms with Crippen molar-refractivity contribution in [1.29, 1.82) is 0 Å². The van der Waals surface area contributed by atoms with Crippen molar-refractivity contribution in [3.05, 3.63) is 64.7 Å². The number of benzene rings is 2. The van der Waals surface area contributed by atoms with Crippen LogP contribution in [-0.4, -0.2) is 28.9 Å². The van der Waals surface area contributed by atoms with Crippen molar-refractivity contribution in [1.82, 2.24) is 15.2 Å². The Morgan fingerprint density at radius 3 is 2.89 bits per heavy atom. The molecule has 28 heavy (non-hydrogen) atoms. The Kier molecular flexibility index (Phi) is 4.87. The summed E-state index contributed by atoms with van der Waals surface area (Å²) in [6.07, 6.45) is 5.50. The molecule has 0 saturated carbocycles. The van der Waals surface area contributed by atoms with Gasteiger partial charge < -0.3 is 5.32 Å². The minimum atomic E-state index is 0.134. The van der Waals surface area contributed by atoms with Crippen molar-refractivity contribution in [2.45, 2.75) is 44.2 Å². The van der Waals surface area contributed by atoms with E-state index in [-0.39, 0.29) is 18.0 Å². The Bertz CT molecular complexity index is 965. The van der Waals surface area contributed by atoms with E-state index in [1.165, 1.54) is 15.8 Å². The minimum absolute atomic E-state index is 0.134. The molecule has 1 saturated heterocycles. The second kappa shape index (κ2) is 7.64. The average molecular weight is 392 g/mol. The molecule has 5 heteroatoms. The molecule has 5 rings (SSSR count). The Morgan fingerprint density at radius 2 is 1.96 bits per heavy atom. The molecule has 144 valence electrons. The SMILES string of the molecule is O=C(CN1CCC[C@H]1c1nc2ccccc2s1)N[C@@H]1CCCc2ccccc21. The van der Waals surface area contributed by atoms with E-state index in [9.17, 15) is 4.79 Å². The van der Waals surface area contributed by atoms with Crippen molar-refractivity contribution in [3.8, 4) is 0 Å². The second-order valence-corrected chi connectivity index (χ2v) is 8.92. The molecule has 2 aliphatic rings. The Labute approximate surface area is 169 Å². The molecule has 1 fully saturated rings. The van der Waals surface area contributed by atoms with Crippen LogP contribution in [0.15, 0.2) is 48.5 Å². The highest BCUT2D eigenvalue weighted by Crippen LogP contribution is 2.36. The van der Waals surface area contributed by atoms with Crippen LogP contribution in [-0.2, 0) is 11.2 Å². The van der Waals surface area contributed by atoms with E-state index in [4.69, 9.17) is 4.98 Å². The van der Waals surface area contributed by atoms with Crippen LogP contribution >= 0.6 is 11.3 Å². The van der Waals surface area contributed by atoms with Crippen molar-refractivity contribution >= 4 is 27.5 Å². The topological polar surface area (TPSA) is 45.2 Å². The van der Waals surface area contributed by atoms with Gasteiger partial charge in [0.05, 0.1) is 28.8 Å². The molecule has 1 aliphatic carbocycles.